The van der Waals surface area contributed by atoms with Crippen molar-refractivity contribution in [1.82, 2.24) is 5.32 Å². The summed E-state index contributed by atoms with van der Waals surface area (Å²) >= 11 is 1.40. The molecule has 0 saturated heterocycles. The van der Waals surface area contributed by atoms with E-state index in [4.69, 9.17) is 9.47 Å². The van der Waals surface area contributed by atoms with Gasteiger partial charge in [-0.05, 0) is 31.4 Å². The van der Waals surface area contributed by atoms with Crippen LogP contribution in [-0.4, -0.2) is 30.4 Å². The van der Waals surface area contributed by atoms with E-state index in [-0.39, 0.29) is 30.1 Å². The molecule has 1 aromatic carbocycles. The highest BCUT2D eigenvalue weighted by Crippen LogP contribution is 2.41. The molecule has 1 amide bonds. The van der Waals surface area contributed by atoms with Crippen LogP contribution < -0.4 is 14.8 Å². The van der Waals surface area contributed by atoms with Crippen LogP contribution >= 0.6 is 11.3 Å². The fourth-order valence-electron chi connectivity index (χ4n) is 2.93. The van der Waals surface area contributed by atoms with E-state index in [2.05, 4.69) is 19.2 Å². The molecule has 1 N–H and O–H groups in total. The van der Waals surface area contributed by atoms with Crippen molar-refractivity contribution in [3.8, 4) is 11.5 Å². The molecule has 3 rings (SSSR count). The third-order valence-corrected chi connectivity index (χ3v) is 5.02. The lowest BCUT2D eigenvalue weighted by Crippen LogP contribution is -2.28. The smallest absolute Gasteiger partial charge is 0.220 e. The van der Waals surface area contributed by atoms with Gasteiger partial charge in [0.1, 0.15) is 12.2 Å². The molecule has 0 radical (unpaired) electrons. The van der Waals surface area contributed by atoms with Crippen molar-refractivity contribution < 1.29 is 19.1 Å². The standard InChI is InChI=1S/C20H23NO4S/c1-20(2)13-14-5-3-6-16(19(14)25-20)24-11-10-21-18(23)9-8-15(22)17-7-4-12-26-17/h3-7,12H,8-11,13H2,1-2H3,(H,21,23). The second-order valence-electron chi connectivity index (χ2n) is 6.88. The quantitative estimate of drug-likeness (QED) is 0.567. The topological polar surface area (TPSA) is 64.6 Å². The lowest BCUT2D eigenvalue weighted by Gasteiger charge is -2.18. The zero-order valence-corrected chi connectivity index (χ0v) is 15.9. The monoisotopic (exact) mass is 373 g/mol. The molecule has 0 saturated carbocycles. The number of hydrogen-bond donors (Lipinski definition) is 1. The Morgan fingerprint density at radius 3 is 2.85 bits per heavy atom. The highest BCUT2D eigenvalue weighted by atomic mass is 32.1. The van der Waals surface area contributed by atoms with E-state index in [1.165, 1.54) is 11.3 Å². The third-order valence-electron chi connectivity index (χ3n) is 4.11. The molecule has 5 nitrogen and oxygen atoms in total. The summed E-state index contributed by atoms with van der Waals surface area (Å²) in [6, 6.07) is 9.49. The lowest BCUT2D eigenvalue weighted by atomic mass is 10.0. The Labute approximate surface area is 157 Å². The fourth-order valence-corrected chi connectivity index (χ4v) is 3.62. The highest BCUT2D eigenvalue weighted by molar-refractivity contribution is 7.12. The van der Waals surface area contributed by atoms with Gasteiger partial charge in [-0.25, -0.2) is 0 Å². The van der Waals surface area contributed by atoms with Crippen molar-refractivity contribution in [2.75, 3.05) is 13.2 Å². The van der Waals surface area contributed by atoms with E-state index in [1.807, 2.05) is 29.6 Å². The fraction of sp³-hybridized carbons (Fsp3) is 0.400. The average molecular weight is 373 g/mol. The molecule has 26 heavy (non-hydrogen) atoms. The molecule has 138 valence electrons. The van der Waals surface area contributed by atoms with Gasteiger partial charge in [0.15, 0.2) is 17.3 Å². The van der Waals surface area contributed by atoms with Gasteiger partial charge < -0.3 is 14.8 Å². The molecular weight excluding hydrogens is 350 g/mol. The van der Waals surface area contributed by atoms with Crippen LogP contribution in [0.2, 0.25) is 0 Å². The van der Waals surface area contributed by atoms with E-state index < -0.39 is 0 Å². The number of ether oxygens (including phenoxy) is 2. The normalized spacial score (nSPS) is 14.4. The van der Waals surface area contributed by atoms with E-state index >= 15 is 0 Å². The predicted molar refractivity (Wildman–Crippen MR) is 101 cm³/mol. The number of fused-ring (bicyclic) bond motifs is 1. The van der Waals surface area contributed by atoms with Crippen molar-refractivity contribution in [2.45, 2.75) is 38.7 Å². The molecule has 1 aromatic heterocycles. The Morgan fingerprint density at radius 1 is 1.23 bits per heavy atom. The van der Waals surface area contributed by atoms with Crippen LogP contribution in [0.1, 0.15) is 41.9 Å². The highest BCUT2D eigenvalue weighted by Gasteiger charge is 2.32. The summed E-state index contributed by atoms with van der Waals surface area (Å²) < 4.78 is 11.7. The maximum atomic E-state index is 11.9. The van der Waals surface area contributed by atoms with Crippen LogP contribution in [0.5, 0.6) is 11.5 Å². The van der Waals surface area contributed by atoms with Crippen LogP contribution in [0, 0.1) is 0 Å². The number of ketones is 1. The summed E-state index contributed by atoms with van der Waals surface area (Å²) in [6.45, 7) is 4.84. The molecule has 0 aliphatic carbocycles. The number of amides is 1. The van der Waals surface area contributed by atoms with Crippen LogP contribution in [0.3, 0.4) is 0 Å². The van der Waals surface area contributed by atoms with Crippen LogP contribution in [0.15, 0.2) is 35.7 Å². The zero-order valence-electron chi connectivity index (χ0n) is 15.0. The Hall–Kier alpha value is -2.34. The predicted octanol–water partition coefficient (Wildman–Crippen LogP) is 3.62. The molecule has 6 heteroatoms. The van der Waals surface area contributed by atoms with Crippen molar-refractivity contribution >= 4 is 23.0 Å². The van der Waals surface area contributed by atoms with Gasteiger partial charge in [-0.15, -0.1) is 11.3 Å². The first-order valence-electron chi connectivity index (χ1n) is 8.72. The Morgan fingerprint density at radius 2 is 2.08 bits per heavy atom. The molecule has 0 fully saturated rings. The van der Waals surface area contributed by atoms with Gasteiger partial charge in [0.25, 0.3) is 0 Å². The van der Waals surface area contributed by atoms with Crippen molar-refractivity contribution in [3.05, 3.63) is 46.2 Å². The van der Waals surface area contributed by atoms with Gasteiger partial charge in [0, 0.05) is 24.8 Å². The largest absolute Gasteiger partial charge is 0.488 e. The minimum atomic E-state index is -0.217. The van der Waals surface area contributed by atoms with Crippen molar-refractivity contribution in [3.63, 3.8) is 0 Å². The molecule has 0 spiro atoms. The van der Waals surface area contributed by atoms with E-state index in [0.717, 1.165) is 17.7 Å². The van der Waals surface area contributed by atoms with Gasteiger partial charge in [-0.1, -0.05) is 18.2 Å². The second-order valence-corrected chi connectivity index (χ2v) is 7.83. The summed E-state index contributed by atoms with van der Waals surface area (Å²) in [6.07, 6.45) is 1.27. The Kier molecular flexibility index (Phi) is 5.61. The molecule has 2 heterocycles. The first-order chi connectivity index (χ1) is 12.4. The van der Waals surface area contributed by atoms with Crippen LogP contribution in [0.25, 0.3) is 0 Å². The number of carbonyl (C=O) groups is 2. The van der Waals surface area contributed by atoms with E-state index in [0.29, 0.717) is 23.8 Å². The molecule has 2 aromatic rings. The number of benzene rings is 1. The average Bonchev–Trinajstić information content (AvgIpc) is 3.23. The summed E-state index contributed by atoms with van der Waals surface area (Å²) in [7, 11) is 0. The Bertz CT molecular complexity index is 783. The van der Waals surface area contributed by atoms with Gasteiger partial charge in [-0.3, -0.25) is 9.59 Å². The maximum Gasteiger partial charge on any atom is 0.220 e. The summed E-state index contributed by atoms with van der Waals surface area (Å²) in [5.74, 6) is 1.36. The third kappa shape index (κ3) is 4.64. The van der Waals surface area contributed by atoms with Crippen LogP contribution in [0.4, 0.5) is 0 Å². The number of para-hydroxylation sites is 1. The summed E-state index contributed by atoms with van der Waals surface area (Å²) in [4.78, 5) is 24.4. The number of rotatable bonds is 8. The number of carbonyl (C=O) groups excluding carboxylic acids is 2. The van der Waals surface area contributed by atoms with Gasteiger partial charge in [-0.2, -0.15) is 0 Å². The molecule has 1 aliphatic heterocycles. The van der Waals surface area contributed by atoms with Gasteiger partial charge in [0.05, 0.1) is 11.4 Å². The van der Waals surface area contributed by atoms with E-state index in [9.17, 15) is 9.59 Å². The first-order valence-corrected chi connectivity index (χ1v) is 9.60. The molecule has 0 atom stereocenters. The lowest BCUT2D eigenvalue weighted by molar-refractivity contribution is -0.121. The minimum Gasteiger partial charge on any atom is -0.488 e. The molecule has 1 aliphatic rings. The molecule has 0 unspecified atom stereocenters. The minimum absolute atomic E-state index is 0.00557. The number of Topliss-reactive ketones (excluding diaryl/α,β-unsaturated/α-hetero) is 1. The zero-order chi connectivity index (χ0) is 18.6. The van der Waals surface area contributed by atoms with Gasteiger partial charge in [0.2, 0.25) is 5.91 Å². The molecule has 0 bridgehead atoms. The number of nitrogens with one attached hydrogen (secondary N) is 1. The number of hydrogen-bond acceptors (Lipinski definition) is 5. The van der Waals surface area contributed by atoms with Crippen molar-refractivity contribution in [2.24, 2.45) is 0 Å². The number of thiophene rings is 1. The second kappa shape index (κ2) is 7.91. The molecular formula is C20H23NO4S. The summed E-state index contributed by atoms with van der Waals surface area (Å²) in [5, 5.41) is 4.64. The Balaban J connectivity index is 1.39. The first kappa shape index (κ1) is 18.5. The summed E-state index contributed by atoms with van der Waals surface area (Å²) in [5.41, 5.74) is 0.925. The SMILES string of the molecule is CC1(C)Cc2cccc(OCCNC(=O)CCC(=O)c3cccs3)c2O1. The van der Waals surface area contributed by atoms with Crippen molar-refractivity contribution in [1.29, 1.82) is 0 Å². The maximum absolute atomic E-state index is 11.9. The van der Waals surface area contributed by atoms with Gasteiger partial charge >= 0.3 is 0 Å². The van der Waals surface area contributed by atoms with E-state index in [1.54, 1.807) is 6.07 Å². The van der Waals surface area contributed by atoms with Crippen LogP contribution in [-0.2, 0) is 11.2 Å².